The summed E-state index contributed by atoms with van der Waals surface area (Å²) in [6.45, 7) is 0.879. The minimum Gasteiger partial charge on any atom is -0.476 e. The van der Waals surface area contributed by atoms with Gasteiger partial charge in [-0.3, -0.25) is 14.5 Å². The van der Waals surface area contributed by atoms with Crippen LogP contribution in [0, 0.1) is 11.6 Å². The van der Waals surface area contributed by atoms with Crippen molar-refractivity contribution in [1.29, 1.82) is 0 Å². The predicted molar refractivity (Wildman–Crippen MR) is 103 cm³/mol. The molecule has 3 rings (SSSR count). The van der Waals surface area contributed by atoms with Crippen LogP contribution in [-0.2, 0) is 14.8 Å². The molecule has 1 aromatic carbocycles. The van der Waals surface area contributed by atoms with Crippen molar-refractivity contribution in [3.05, 3.63) is 35.0 Å². The number of nitrogens with zero attached hydrogens (tertiary/aromatic N) is 2. The van der Waals surface area contributed by atoms with Gasteiger partial charge in [-0.05, 0) is 6.07 Å². The van der Waals surface area contributed by atoms with Crippen molar-refractivity contribution >= 4 is 49.9 Å². The maximum Gasteiger partial charge on any atom is 0.357 e. The van der Waals surface area contributed by atoms with Crippen LogP contribution in [0.2, 0.25) is 0 Å². The number of hydrogen-bond acceptors (Lipinski definition) is 9. The molecule has 0 fully saturated rings. The van der Waals surface area contributed by atoms with E-state index in [4.69, 9.17) is 5.11 Å². The summed E-state index contributed by atoms with van der Waals surface area (Å²) in [4.78, 5) is 29.3. The fraction of sp³-hybridized carbons (Fsp3) is 0.200. The number of aromatic carboxylic acids is 1. The number of sulfonamides is 1. The van der Waals surface area contributed by atoms with Gasteiger partial charge in [0.15, 0.2) is 11.7 Å². The summed E-state index contributed by atoms with van der Waals surface area (Å²) in [6.07, 6.45) is 0. The highest BCUT2D eigenvalue weighted by Gasteiger charge is 2.26. The van der Waals surface area contributed by atoms with Crippen LogP contribution >= 0.6 is 11.3 Å². The van der Waals surface area contributed by atoms with Gasteiger partial charge in [0.05, 0.1) is 24.3 Å². The molecule has 0 unspecified atom stereocenters. The number of nitrogens with one attached hydrogen (secondary N) is 4. The summed E-state index contributed by atoms with van der Waals surface area (Å²) >= 11 is 0.660. The monoisotopic (exact) mass is 460 g/mol. The SMILES string of the molecule is O=C(CNC1=NCCN1)Nc1cc(F)c(S(=O)(=O)Nc2scnc2C(=O)O)cc1F. The second kappa shape index (κ2) is 8.58. The molecule has 1 aromatic heterocycles. The highest BCUT2D eigenvalue weighted by atomic mass is 32.2. The number of carboxylic acid groups (broad SMARTS) is 1. The number of aliphatic imine (C=N–C) groups is 1. The Morgan fingerprint density at radius 2 is 2.03 bits per heavy atom. The molecule has 30 heavy (non-hydrogen) atoms. The molecule has 11 nitrogen and oxygen atoms in total. The van der Waals surface area contributed by atoms with Gasteiger partial charge in [-0.1, -0.05) is 0 Å². The zero-order valence-electron chi connectivity index (χ0n) is 14.9. The number of guanidine groups is 1. The molecular formula is C15H14F2N6O5S2. The summed E-state index contributed by atoms with van der Waals surface area (Å²) in [5.74, 6) is -4.37. The van der Waals surface area contributed by atoms with Crippen LogP contribution in [-0.4, -0.2) is 56.0 Å². The fourth-order valence-electron chi connectivity index (χ4n) is 2.35. The van der Waals surface area contributed by atoms with Crippen molar-refractivity contribution in [2.75, 3.05) is 29.7 Å². The van der Waals surface area contributed by atoms with Gasteiger partial charge in [-0.25, -0.2) is 27.0 Å². The quantitative estimate of drug-likeness (QED) is 0.397. The lowest BCUT2D eigenvalue weighted by Crippen LogP contribution is -2.39. The molecule has 0 radical (unpaired) electrons. The van der Waals surface area contributed by atoms with Crippen molar-refractivity contribution < 1.29 is 31.9 Å². The topological polar surface area (TPSA) is 162 Å². The number of hydrogen-bond donors (Lipinski definition) is 5. The normalized spacial score (nSPS) is 13.3. The van der Waals surface area contributed by atoms with Gasteiger partial charge >= 0.3 is 5.97 Å². The Morgan fingerprint density at radius 1 is 1.27 bits per heavy atom. The first-order valence-corrected chi connectivity index (χ1v) is 10.5. The second-order valence-corrected chi connectivity index (χ2v) is 8.27. The van der Waals surface area contributed by atoms with Crippen LogP contribution in [0.15, 0.2) is 27.5 Å². The van der Waals surface area contributed by atoms with E-state index in [2.05, 4.69) is 25.9 Å². The minimum atomic E-state index is -4.67. The van der Waals surface area contributed by atoms with E-state index in [-0.39, 0.29) is 11.5 Å². The highest BCUT2D eigenvalue weighted by Crippen LogP contribution is 2.27. The first-order valence-electron chi connectivity index (χ1n) is 8.18. The summed E-state index contributed by atoms with van der Waals surface area (Å²) in [7, 11) is -4.67. The minimum absolute atomic E-state index is 0.280. The van der Waals surface area contributed by atoms with Crippen LogP contribution in [0.4, 0.5) is 19.5 Å². The molecule has 5 N–H and O–H groups in total. The number of halogens is 2. The van der Waals surface area contributed by atoms with E-state index < -0.39 is 49.8 Å². The summed E-state index contributed by atoms with van der Waals surface area (Å²) in [5.41, 5.74) is -0.0665. The molecule has 0 aliphatic carbocycles. The van der Waals surface area contributed by atoms with E-state index >= 15 is 0 Å². The predicted octanol–water partition coefficient (Wildman–Crippen LogP) is 0.408. The molecule has 1 amide bonds. The van der Waals surface area contributed by atoms with Crippen molar-refractivity contribution in [2.24, 2.45) is 4.99 Å². The van der Waals surface area contributed by atoms with E-state index in [9.17, 15) is 26.8 Å². The van der Waals surface area contributed by atoms with E-state index in [1.807, 2.05) is 4.72 Å². The third-order valence-electron chi connectivity index (χ3n) is 3.67. The Kier molecular flexibility index (Phi) is 6.12. The van der Waals surface area contributed by atoms with Gasteiger partial charge in [0.25, 0.3) is 10.0 Å². The number of rotatable bonds is 7. The number of benzene rings is 1. The molecule has 0 saturated heterocycles. The van der Waals surface area contributed by atoms with E-state index in [0.717, 1.165) is 5.51 Å². The molecule has 15 heteroatoms. The van der Waals surface area contributed by atoms with Crippen LogP contribution in [0.1, 0.15) is 10.5 Å². The Hall–Kier alpha value is -3.33. The largest absolute Gasteiger partial charge is 0.476 e. The lowest BCUT2D eigenvalue weighted by molar-refractivity contribution is -0.115. The fourth-order valence-corrected chi connectivity index (χ4v) is 4.41. The number of carbonyl (C=O) groups excluding carboxylic acids is 1. The van der Waals surface area contributed by atoms with Crippen LogP contribution in [0.25, 0.3) is 0 Å². The van der Waals surface area contributed by atoms with Gasteiger partial charge in [0.2, 0.25) is 5.91 Å². The van der Waals surface area contributed by atoms with Gasteiger partial charge in [-0.15, -0.1) is 11.3 Å². The van der Waals surface area contributed by atoms with Crippen molar-refractivity contribution in [2.45, 2.75) is 4.90 Å². The molecule has 1 aliphatic rings. The first-order chi connectivity index (χ1) is 14.2. The highest BCUT2D eigenvalue weighted by molar-refractivity contribution is 7.93. The average Bonchev–Trinajstić information content (AvgIpc) is 3.34. The standard InChI is InChI=1S/C15H14F2N6O5S2/c16-7-4-10(30(27,28)23-13-12(14(25)26)21-6-29-13)8(17)3-9(7)22-11(24)5-20-15-18-1-2-19-15/h3-4,6,23H,1-2,5H2,(H,22,24)(H,25,26)(H2,18,19,20). The molecule has 0 bridgehead atoms. The van der Waals surface area contributed by atoms with Gasteiger partial charge in [-0.2, -0.15) is 0 Å². The maximum atomic E-state index is 14.4. The Balaban J connectivity index is 1.75. The van der Waals surface area contributed by atoms with Gasteiger partial charge in [0.1, 0.15) is 21.5 Å². The zero-order chi connectivity index (χ0) is 21.9. The first kappa shape index (κ1) is 21.4. The molecule has 160 valence electrons. The number of anilines is 2. The second-order valence-electron chi connectivity index (χ2n) is 5.76. The summed E-state index contributed by atoms with van der Waals surface area (Å²) in [5, 5.41) is 16.3. The van der Waals surface area contributed by atoms with Crippen molar-refractivity contribution in [1.82, 2.24) is 15.6 Å². The van der Waals surface area contributed by atoms with E-state index in [1.54, 1.807) is 0 Å². The molecule has 1 aliphatic heterocycles. The van der Waals surface area contributed by atoms with Gasteiger partial charge < -0.3 is 21.1 Å². The number of aromatic nitrogens is 1. The molecular weight excluding hydrogens is 446 g/mol. The van der Waals surface area contributed by atoms with Crippen LogP contribution < -0.4 is 20.7 Å². The Morgan fingerprint density at radius 3 is 2.70 bits per heavy atom. The smallest absolute Gasteiger partial charge is 0.357 e. The number of carboxylic acids is 1. The Bertz CT molecular complexity index is 1130. The number of thiazole rings is 1. The van der Waals surface area contributed by atoms with Crippen LogP contribution in [0.3, 0.4) is 0 Å². The Labute approximate surface area is 172 Å². The average molecular weight is 460 g/mol. The van der Waals surface area contributed by atoms with E-state index in [0.29, 0.717) is 42.5 Å². The third kappa shape index (κ3) is 4.80. The third-order valence-corrected chi connectivity index (χ3v) is 5.91. The van der Waals surface area contributed by atoms with Crippen molar-refractivity contribution in [3.8, 4) is 0 Å². The molecule has 2 heterocycles. The molecule has 2 aromatic rings. The molecule has 0 spiro atoms. The summed E-state index contributed by atoms with van der Waals surface area (Å²) in [6, 6.07) is 0.892. The van der Waals surface area contributed by atoms with Gasteiger partial charge in [0, 0.05) is 12.6 Å². The number of amides is 1. The van der Waals surface area contributed by atoms with E-state index in [1.165, 1.54) is 0 Å². The molecule has 0 atom stereocenters. The zero-order valence-corrected chi connectivity index (χ0v) is 16.5. The molecule has 0 saturated carbocycles. The number of carbonyl (C=O) groups is 2. The maximum absolute atomic E-state index is 14.4. The summed E-state index contributed by atoms with van der Waals surface area (Å²) < 4.78 is 55.3. The lowest BCUT2D eigenvalue weighted by Gasteiger charge is -2.12. The van der Waals surface area contributed by atoms with Crippen molar-refractivity contribution in [3.63, 3.8) is 0 Å². The lowest BCUT2D eigenvalue weighted by atomic mass is 10.3. The van der Waals surface area contributed by atoms with Crippen LogP contribution in [0.5, 0.6) is 0 Å².